The van der Waals surface area contributed by atoms with E-state index in [1.165, 1.54) is 5.01 Å². The average molecular weight is 343 g/mol. The second-order valence-corrected chi connectivity index (χ2v) is 6.60. The molecule has 1 aromatic carbocycles. The highest BCUT2D eigenvalue weighted by atomic mass is 16.5. The van der Waals surface area contributed by atoms with Gasteiger partial charge in [-0.05, 0) is 30.5 Å². The third-order valence-electron chi connectivity index (χ3n) is 4.97. The molecule has 3 rings (SSSR count). The smallest absolute Gasteiger partial charge is 0.270 e. The maximum absolute atomic E-state index is 13.1. The first-order valence-corrected chi connectivity index (χ1v) is 8.89. The minimum Gasteiger partial charge on any atom is -0.497 e. The van der Waals surface area contributed by atoms with Crippen molar-refractivity contribution < 1.29 is 14.3 Å². The molecule has 2 heterocycles. The molecule has 0 radical (unpaired) electrons. The van der Waals surface area contributed by atoms with Gasteiger partial charge in [0.1, 0.15) is 11.5 Å². The van der Waals surface area contributed by atoms with Crippen LogP contribution in [-0.4, -0.2) is 48.1 Å². The summed E-state index contributed by atoms with van der Waals surface area (Å²) in [5.74, 6) is 0.730. The van der Waals surface area contributed by atoms with Gasteiger partial charge in [-0.1, -0.05) is 25.0 Å². The lowest BCUT2D eigenvalue weighted by Crippen LogP contribution is -2.42. The third-order valence-corrected chi connectivity index (χ3v) is 4.97. The van der Waals surface area contributed by atoms with E-state index in [0.717, 1.165) is 43.5 Å². The van der Waals surface area contributed by atoms with Crippen LogP contribution in [0.5, 0.6) is 5.75 Å². The summed E-state index contributed by atoms with van der Waals surface area (Å²) in [4.78, 5) is 26.7. The summed E-state index contributed by atoms with van der Waals surface area (Å²) in [5, 5.41) is 5.50. The number of methoxy groups -OCH3 is 1. The number of carbonyl (C=O) groups is 2. The van der Waals surface area contributed by atoms with Crippen LogP contribution in [0, 0.1) is 0 Å². The Balaban J connectivity index is 1.86. The van der Waals surface area contributed by atoms with Crippen LogP contribution in [0.2, 0.25) is 0 Å². The Morgan fingerprint density at radius 3 is 2.60 bits per heavy atom. The van der Waals surface area contributed by atoms with Crippen molar-refractivity contribution >= 4 is 17.5 Å². The number of benzene rings is 1. The number of hydrazone groups is 1. The average Bonchev–Trinajstić information content (AvgIpc) is 2.89. The van der Waals surface area contributed by atoms with Crippen molar-refractivity contribution in [3.05, 3.63) is 29.8 Å². The molecule has 2 amide bonds. The van der Waals surface area contributed by atoms with Gasteiger partial charge in [0, 0.05) is 26.4 Å². The molecule has 25 heavy (non-hydrogen) atoms. The van der Waals surface area contributed by atoms with Gasteiger partial charge >= 0.3 is 0 Å². The summed E-state index contributed by atoms with van der Waals surface area (Å²) in [7, 11) is 3.26. The lowest BCUT2D eigenvalue weighted by molar-refractivity contribution is -0.131. The molecular formula is C19H25N3O3. The topological polar surface area (TPSA) is 62.2 Å². The first kappa shape index (κ1) is 17.5. The van der Waals surface area contributed by atoms with Crippen molar-refractivity contribution in [3.8, 4) is 5.75 Å². The van der Waals surface area contributed by atoms with Gasteiger partial charge in [-0.25, -0.2) is 5.01 Å². The molecule has 134 valence electrons. The van der Waals surface area contributed by atoms with E-state index in [9.17, 15) is 9.59 Å². The molecule has 0 aliphatic carbocycles. The van der Waals surface area contributed by atoms with Crippen LogP contribution in [0.3, 0.4) is 0 Å². The molecule has 2 aliphatic heterocycles. The molecule has 1 aromatic rings. The van der Waals surface area contributed by atoms with Crippen LogP contribution >= 0.6 is 0 Å². The number of rotatable bonds is 3. The summed E-state index contributed by atoms with van der Waals surface area (Å²) in [6.45, 7) is 0.728. The summed E-state index contributed by atoms with van der Waals surface area (Å²) in [5.41, 5.74) is 1.61. The van der Waals surface area contributed by atoms with Crippen molar-refractivity contribution in [1.82, 2.24) is 9.91 Å². The Bertz CT molecular complexity index is 669. The second-order valence-electron chi connectivity index (χ2n) is 6.60. The van der Waals surface area contributed by atoms with Crippen molar-refractivity contribution in [3.63, 3.8) is 0 Å². The molecule has 6 nitrogen and oxygen atoms in total. The van der Waals surface area contributed by atoms with Gasteiger partial charge in [0.05, 0.1) is 13.2 Å². The standard InChI is InChI=1S/C19H25N3O3/c1-21-18(23)12-11-16(20-21)19(24)22-13-5-3-4-6-17(22)14-7-9-15(25-2)10-8-14/h7-10,17H,3-6,11-13H2,1-2H3/t17-/m0/s1. The second kappa shape index (κ2) is 7.68. The van der Waals surface area contributed by atoms with Gasteiger partial charge in [0.25, 0.3) is 5.91 Å². The fourth-order valence-electron chi connectivity index (χ4n) is 3.51. The third kappa shape index (κ3) is 3.83. The molecular weight excluding hydrogens is 318 g/mol. The molecule has 0 spiro atoms. The largest absolute Gasteiger partial charge is 0.497 e. The summed E-state index contributed by atoms with van der Waals surface area (Å²) < 4.78 is 5.24. The summed E-state index contributed by atoms with van der Waals surface area (Å²) in [6, 6.07) is 7.99. The van der Waals surface area contributed by atoms with Crippen molar-refractivity contribution in [2.24, 2.45) is 5.10 Å². The molecule has 1 fully saturated rings. The van der Waals surface area contributed by atoms with E-state index in [2.05, 4.69) is 5.10 Å². The first-order valence-electron chi connectivity index (χ1n) is 8.89. The maximum Gasteiger partial charge on any atom is 0.270 e. The molecule has 1 saturated heterocycles. The Morgan fingerprint density at radius 2 is 1.92 bits per heavy atom. The molecule has 0 saturated carbocycles. The first-order chi connectivity index (χ1) is 12.1. The van der Waals surface area contributed by atoms with Gasteiger partial charge in [0.15, 0.2) is 0 Å². The SMILES string of the molecule is COc1ccc([C@@H]2CCCCCN2C(=O)C2=NN(C)C(=O)CC2)cc1. The molecule has 0 aromatic heterocycles. The molecule has 0 unspecified atom stereocenters. The van der Waals surface area contributed by atoms with Crippen LogP contribution in [0.1, 0.15) is 50.1 Å². The molecule has 2 aliphatic rings. The van der Waals surface area contributed by atoms with Crippen molar-refractivity contribution in [1.29, 1.82) is 0 Å². The van der Waals surface area contributed by atoms with Crippen LogP contribution in [0.15, 0.2) is 29.4 Å². The number of ether oxygens (including phenoxy) is 1. The van der Waals surface area contributed by atoms with Gasteiger partial charge in [-0.15, -0.1) is 0 Å². The number of likely N-dealkylation sites (tertiary alicyclic amines) is 1. The normalized spacial score (nSPS) is 21.6. The van der Waals surface area contributed by atoms with Crippen molar-refractivity contribution in [2.45, 2.75) is 44.6 Å². The van der Waals surface area contributed by atoms with E-state index in [0.29, 0.717) is 18.6 Å². The van der Waals surface area contributed by atoms with Gasteiger partial charge in [-0.2, -0.15) is 5.10 Å². The zero-order valence-electron chi connectivity index (χ0n) is 14.9. The highest BCUT2D eigenvalue weighted by Crippen LogP contribution is 2.32. The number of nitrogens with zero attached hydrogens (tertiary/aromatic N) is 3. The minimum atomic E-state index is -0.0425. The predicted molar refractivity (Wildman–Crippen MR) is 95.4 cm³/mol. The fourth-order valence-corrected chi connectivity index (χ4v) is 3.51. The monoisotopic (exact) mass is 343 g/mol. The van der Waals surface area contributed by atoms with E-state index < -0.39 is 0 Å². The Morgan fingerprint density at radius 1 is 1.16 bits per heavy atom. The number of hydrogen-bond donors (Lipinski definition) is 0. The van der Waals surface area contributed by atoms with E-state index in [1.54, 1.807) is 14.2 Å². The lowest BCUT2D eigenvalue weighted by Gasteiger charge is -2.32. The highest BCUT2D eigenvalue weighted by Gasteiger charge is 2.31. The Kier molecular flexibility index (Phi) is 5.36. The number of carbonyl (C=O) groups excluding carboxylic acids is 2. The zero-order chi connectivity index (χ0) is 17.8. The van der Waals surface area contributed by atoms with Crippen LogP contribution < -0.4 is 4.74 Å². The van der Waals surface area contributed by atoms with Gasteiger partial charge in [-0.3, -0.25) is 9.59 Å². The fraction of sp³-hybridized carbons (Fsp3) is 0.526. The summed E-state index contributed by atoms with van der Waals surface area (Å²) >= 11 is 0. The van der Waals surface area contributed by atoms with Crippen molar-refractivity contribution in [2.75, 3.05) is 20.7 Å². The van der Waals surface area contributed by atoms with E-state index in [1.807, 2.05) is 29.2 Å². The van der Waals surface area contributed by atoms with E-state index >= 15 is 0 Å². The Labute approximate surface area is 148 Å². The lowest BCUT2D eigenvalue weighted by atomic mass is 9.99. The minimum absolute atomic E-state index is 0.0398. The zero-order valence-corrected chi connectivity index (χ0v) is 14.9. The number of amides is 2. The van der Waals surface area contributed by atoms with E-state index in [-0.39, 0.29) is 17.9 Å². The van der Waals surface area contributed by atoms with Crippen LogP contribution in [0.25, 0.3) is 0 Å². The van der Waals surface area contributed by atoms with Crippen LogP contribution in [0.4, 0.5) is 0 Å². The van der Waals surface area contributed by atoms with Crippen LogP contribution in [-0.2, 0) is 9.59 Å². The maximum atomic E-state index is 13.1. The Hall–Kier alpha value is -2.37. The molecule has 0 bridgehead atoms. The van der Waals surface area contributed by atoms with Gasteiger partial charge in [0.2, 0.25) is 5.91 Å². The predicted octanol–water partition coefficient (Wildman–Crippen LogP) is 2.75. The quantitative estimate of drug-likeness (QED) is 0.848. The molecule has 0 N–H and O–H groups in total. The highest BCUT2D eigenvalue weighted by molar-refractivity contribution is 6.39. The molecule has 1 atom stereocenters. The van der Waals surface area contributed by atoms with E-state index in [4.69, 9.17) is 4.74 Å². The number of hydrogen-bond acceptors (Lipinski definition) is 4. The van der Waals surface area contributed by atoms with Gasteiger partial charge < -0.3 is 9.64 Å². The summed E-state index contributed by atoms with van der Waals surface area (Å²) in [6.07, 6.45) is 4.95. The molecule has 6 heteroatoms.